The van der Waals surface area contributed by atoms with E-state index in [9.17, 15) is 4.79 Å². The van der Waals surface area contributed by atoms with Crippen LogP contribution < -0.4 is 5.32 Å². The van der Waals surface area contributed by atoms with E-state index in [0.717, 1.165) is 23.0 Å². The van der Waals surface area contributed by atoms with Gasteiger partial charge in [0.15, 0.2) is 0 Å². The lowest BCUT2D eigenvalue weighted by Gasteiger charge is -2.32. The summed E-state index contributed by atoms with van der Waals surface area (Å²) in [5, 5.41) is 3.35. The molecule has 0 aliphatic carbocycles. The van der Waals surface area contributed by atoms with Crippen molar-refractivity contribution in [2.75, 3.05) is 13.6 Å². The van der Waals surface area contributed by atoms with Crippen molar-refractivity contribution in [3.05, 3.63) is 34.3 Å². The molecule has 3 nitrogen and oxygen atoms in total. The number of nitrogens with one attached hydrogen (secondary N) is 1. The van der Waals surface area contributed by atoms with Crippen molar-refractivity contribution in [1.82, 2.24) is 10.2 Å². The molecule has 1 saturated heterocycles. The van der Waals surface area contributed by atoms with Crippen molar-refractivity contribution in [2.24, 2.45) is 5.92 Å². The first-order valence-corrected chi connectivity index (χ1v) is 7.60. The molecule has 0 spiro atoms. The van der Waals surface area contributed by atoms with Crippen LogP contribution in [-0.2, 0) is 11.3 Å². The standard InChI is InChI=1S/C15H21BrN2O/c1-11-4-3-9-17-14(11)15(19)18(2)10-12-5-7-13(16)8-6-12/h5-8,11,14,17H,3-4,9-10H2,1-2H3. The van der Waals surface area contributed by atoms with Crippen LogP contribution in [0.25, 0.3) is 0 Å². The SMILES string of the molecule is CC1CCCNC1C(=O)N(C)Cc1ccc(Br)cc1. The number of benzene rings is 1. The molecule has 1 heterocycles. The van der Waals surface area contributed by atoms with Crippen LogP contribution in [0.15, 0.2) is 28.7 Å². The lowest BCUT2D eigenvalue weighted by molar-refractivity contribution is -0.134. The summed E-state index contributed by atoms with van der Waals surface area (Å²) >= 11 is 3.42. The van der Waals surface area contributed by atoms with E-state index in [1.165, 1.54) is 6.42 Å². The molecule has 1 aromatic carbocycles. The van der Waals surface area contributed by atoms with Gasteiger partial charge in [0.05, 0.1) is 6.04 Å². The number of nitrogens with zero attached hydrogens (tertiary/aromatic N) is 1. The molecule has 104 valence electrons. The molecular weight excluding hydrogens is 304 g/mol. The Balaban J connectivity index is 1.96. The number of rotatable bonds is 3. The summed E-state index contributed by atoms with van der Waals surface area (Å²) in [5.41, 5.74) is 1.16. The molecule has 1 amide bonds. The Labute approximate surface area is 123 Å². The minimum Gasteiger partial charge on any atom is -0.340 e. The van der Waals surface area contributed by atoms with Crippen LogP contribution in [0, 0.1) is 5.92 Å². The second kappa shape index (κ2) is 6.53. The Bertz CT molecular complexity index is 432. The molecule has 1 fully saturated rings. The van der Waals surface area contributed by atoms with Gasteiger partial charge in [0, 0.05) is 18.1 Å². The number of carbonyl (C=O) groups is 1. The number of carbonyl (C=O) groups excluding carboxylic acids is 1. The van der Waals surface area contributed by atoms with Crippen LogP contribution in [0.2, 0.25) is 0 Å². The van der Waals surface area contributed by atoms with Crippen molar-refractivity contribution in [3.63, 3.8) is 0 Å². The summed E-state index contributed by atoms with van der Waals surface area (Å²) in [6.07, 6.45) is 2.30. The summed E-state index contributed by atoms with van der Waals surface area (Å²) in [6, 6.07) is 8.09. The van der Waals surface area contributed by atoms with Crippen LogP contribution in [0.5, 0.6) is 0 Å². The Morgan fingerprint density at radius 2 is 2.11 bits per heavy atom. The van der Waals surface area contributed by atoms with Crippen molar-refractivity contribution >= 4 is 21.8 Å². The number of halogens is 1. The predicted octanol–water partition coefficient (Wildman–Crippen LogP) is 2.80. The number of likely N-dealkylation sites (N-methyl/N-ethyl adjacent to an activating group) is 1. The van der Waals surface area contributed by atoms with Crippen molar-refractivity contribution < 1.29 is 4.79 Å². The third-order valence-electron chi connectivity index (χ3n) is 3.74. The molecule has 2 unspecified atom stereocenters. The highest BCUT2D eigenvalue weighted by atomic mass is 79.9. The maximum Gasteiger partial charge on any atom is 0.240 e. The van der Waals surface area contributed by atoms with Gasteiger partial charge in [-0.05, 0) is 43.0 Å². The molecule has 0 radical (unpaired) electrons. The number of piperidine rings is 1. The average Bonchev–Trinajstić information content (AvgIpc) is 2.41. The van der Waals surface area contributed by atoms with E-state index in [1.54, 1.807) is 0 Å². The zero-order valence-electron chi connectivity index (χ0n) is 11.5. The highest BCUT2D eigenvalue weighted by molar-refractivity contribution is 9.10. The lowest BCUT2D eigenvalue weighted by Crippen LogP contribution is -2.51. The second-order valence-electron chi connectivity index (χ2n) is 5.37. The van der Waals surface area contributed by atoms with Gasteiger partial charge in [-0.15, -0.1) is 0 Å². The summed E-state index contributed by atoms with van der Waals surface area (Å²) in [7, 11) is 1.88. The molecule has 1 aliphatic heterocycles. The Kier molecular flexibility index (Phi) is 4.99. The first-order valence-electron chi connectivity index (χ1n) is 6.80. The molecular formula is C15H21BrN2O. The molecule has 2 rings (SSSR count). The maximum atomic E-state index is 12.4. The highest BCUT2D eigenvalue weighted by Crippen LogP contribution is 2.18. The van der Waals surface area contributed by atoms with Gasteiger partial charge in [0.2, 0.25) is 5.91 Å². The van der Waals surface area contributed by atoms with Crippen molar-refractivity contribution in [2.45, 2.75) is 32.4 Å². The number of amides is 1. The van der Waals surface area contributed by atoms with Crippen molar-refractivity contribution in [3.8, 4) is 0 Å². The fourth-order valence-electron chi connectivity index (χ4n) is 2.56. The molecule has 1 aromatic rings. The monoisotopic (exact) mass is 324 g/mol. The summed E-state index contributed by atoms with van der Waals surface area (Å²) < 4.78 is 1.06. The summed E-state index contributed by atoms with van der Waals surface area (Å²) in [6.45, 7) is 3.77. The third-order valence-corrected chi connectivity index (χ3v) is 4.27. The number of hydrogen-bond donors (Lipinski definition) is 1. The van der Waals surface area contributed by atoms with E-state index < -0.39 is 0 Å². The molecule has 0 bridgehead atoms. The van der Waals surface area contributed by atoms with Crippen LogP contribution in [0.3, 0.4) is 0 Å². The van der Waals surface area contributed by atoms with E-state index in [0.29, 0.717) is 12.5 Å². The smallest absolute Gasteiger partial charge is 0.240 e. The Morgan fingerprint density at radius 1 is 1.42 bits per heavy atom. The predicted molar refractivity (Wildman–Crippen MR) is 80.8 cm³/mol. The van der Waals surface area contributed by atoms with E-state index in [4.69, 9.17) is 0 Å². The molecule has 19 heavy (non-hydrogen) atoms. The zero-order valence-corrected chi connectivity index (χ0v) is 13.1. The fraction of sp³-hybridized carbons (Fsp3) is 0.533. The zero-order chi connectivity index (χ0) is 13.8. The second-order valence-corrected chi connectivity index (χ2v) is 6.29. The Hall–Kier alpha value is -0.870. The minimum absolute atomic E-state index is 0.0193. The van der Waals surface area contributed by atoms with Gasteiger partial charge in [-0.3, -0.25) is 4.79 Å². The van der Waals surface area contributed by atoms with Crippen molar-refractivity contribution in [1.29, 1.82) is 0 Å². The largest absolute Gasteiger partial charge is 0.340 e. The van der Waals surface area contributed by atoms with Gasteiger partial charge in [-0.1, -0.05) is 35.0 Å². The maximum absolute atomic E-state index is 12.4. The molecule has 1 N–H and O–H groups in total. The van der Waals surface area contributed by atoms with Gasteiger partial charge in [-0.2, -0.15) is 0 Å². The van der Waals surface area contributed by atoms with Gasteiger partial charge in [0.25, 0.3) is 0 Å². The third kappa shape index (κ3) is 3.80. The van der Waals surface area contributed by atoms with E-state index >= 15 is 0 Å². The normalized spacial score (nSPS) is 23.1. The van der Waals surface area contributed by atoms with Crippen LogP contribution in [-0.4, -0.2) is 30.4 Å². The lowest BCUT2D eigenvalue weighted by atomic mass is 9.92. The molecule has 2 atom stereocenters. The minimum atomic E-state index is -0.0193. The van der Waals surface area contributed by atoms with Crippen LogP contribution in [0.1, 0.15) is 25.3 Å². The summed E-state index contributed by atoms with van der Waals surface area (Å²) in [4.78, 5) is 14.3. The van der Waals surface area contributed by atoms with E-state index in [1.807, 2.05) is 36.2 Å². The molecule has 0 aromatic heterocycles. The fourth-order valence-corrected chi connectivity index (χ4v) is 2.82. The average molecular weight is 325 g/mol. The molecule has 0 saturated carbocycles. The Morgan fingerprint density at radius 3 is 2.74 bits per heavy atom. The van der Waals surface area contributed by atoms with Gasteiger partial charge in [0.1, 0.15) is 0 Å². The molecule has 4 heteroatoms. The van der Waals surface area contributed by atoms with E-state index in [-0.39, 0.29) is 11.9 Å². The van der Waals surface area contributed by atoms with Gasteiger partial charge < -0.3 is 10.2 Å². The van der Waals surface area contributed by atoms with Gasteiger partial charge >= 0.3 is 0 Å². The topological polar surface area (TPSA) is 32.3 Å². The van der Waals surface area contributed by atoms with Gasteiger partial charge in [-0.25, -0.2) is 0 Å². The summed E-state index contributed by atoms with van der Waals surface area (Å²) in [5.74, 6) is 0.628. The molecule has 1 aliphatic rings. The van der Waals surface area contributed by atoms with Crippen LogP contribution in [0.4, 0.5) is 0 Å². The highest BCUT2D eigenvalue weighted by Gasteiger charge is 2.29. The quantitative estimate of drug-likeness (QED) is 0.927. The number of hydrogen-bond acceptors (Lipinski definition) is 2. The first kappa shape index (κ1) is 14.5. The van der Waals surface area contributed by atoms with E-state index in [2.05, 4.69) is 28.2 Å². The van der Waals surface area contributed by atoms with Crippen LogP contribution >= 0.6 is 15.9 Å². The first-order chi connectivity index (χ1) is 9.08.